The Morgan fingerprint density at radius 2 is 1.79 bits per heavy atom. The van der Waals surface area contributed by atoms with E-state index in [0.717, 1.165) is 47.9 Å². The predicted octanol–water partition coefficient (Wildman–Crippen LogP) is 6.33. The van der Waals surface area contributed by atoms with Crippen LogP contribution < -0.4 is 10.1 Å². The lowest BCUT2D eigenvalue weighted by Crippen LogP contribution is -2.43. The van der Waals surface area contributed by atoms with Gasteiger partial charge in [0.05, 0.1) is 6.10 Å². The van der Waals surface area contributed by atoms with E-state index in [1.807, 2.05) is 43.3 Å². The molecule has 1 amide bonds. The molecule has 0 spiro atoms. The minimum Gasteiger partial charge on any atom is -0.490 e. The molecule has 28 heavy (non-hydrogen) atoms. The maximum absolute atomic E-state index is 13.1. The van der Waals surface area contributed by atoms with Gasteiger partial charge in [-0.1, -0.05) is 57.9 Å². The largest absolute Gasteiger partial charge is 0.490 e. The van der Waals surface area contributed by atoms with Crippen LogP contribution in [0.3, 0.4) is 0 Å². The van der Waals surface area contributed by atoms with Crippen LogP contribution in [-0.4, -0.2) is 24.2 Å². The van der Waals surface area contributed by atoms with Gasteiger partial charge in [-0.2, -0.15) is 0 Å². The number of amides is 1. The lowest BCUT2D eigenvalue weighted by molar-refractivity contribution is -0.140. The predicted molar refractivity (Wildman–Crippen MR) is 117 cm³/mol. The van der Waals surface area contributed by atoms with Gasteiger partial charge in [-0.3, -0.25) is 4.79 Å². The third-order valence-electron chi connectivity index (χ3n) is 5.15. The molecule has 0 saturated carbocycles. The number of carbonyl (C=O) groups is 1. The van der Waals surface area contributed by atoms with Crippen LogP contribution in [0.4, 0.5) is 5.69 Å². The van der Waals surface area contributed by atoms with E-state index in [9.17, 15) is 4.79 Å². The zero-order chi connectivity index (χ0) is 20.6. The van der Waals surface area contributed by atoms with E-state index < -0.39 is 5.60 Å². The molecule has 4 heteroatoms. The summed E-state index contributed by atoms with van der Waals surface area (Å²) in [5.74, 6) is 0.758. The second-order valence-corrected chi connectivity index (χ2v) is 7.63. The van der Waals surface area contributed by atoms with E-state index in [2.05, 4.69) is 33.0 Å². The molecule has 0 bridgehead atoms. The number of hydrogen-bond acceptors (Lipinski definition) is 3. The van der Waals surface area contributed by atoms with Crippen LogP contribution in [0.1, 0.15) is 66.7 Å². The summed E-state index contributed by atoms with van der Waals surface area (Å²) in [5.41, 5.74) is -0.0288. The zero-order valence-corrected chi connectivity index (χ0v) is 18.0. The zero-order valence-electron chi connectivity index (χ0n) is 18.0. The summed E-state index contributed by atoms with van der Waals surface area (Å²) in [6, 6.07) is 11.9. The number of unbranched alkanes of at least 4 members (excludes halogenated alkanes) is 1. The van der Waals surface area contributed by atoms with Gasteiger partial charge in [0.25, 0.3) is 5.91 Å². The molecule has 0 aromatic heterocycles. The number of ether oxygens (including phenoxy) is 2. The molecule has 2 aromatic carbocycles. The minimum atomic E-state index is -0.820. The maximum Gasteiger partial charge on any atom is 0.256 e. The van der Waals surface area contributed by atoms with E-state index in [4.69, 9.17) is 9.47 Å². The van der Waals surface area contributed by atoms with Gasteiger partial charge < -0.3 is 14.8 Å². The quantitative estimate of drug-likeness (QED) is 0.491. The topological polar surface area (TPSA) is 47.6 Å². The van der Waals surface area contributed by atoms with E-state index in [1.54, 1.807) is 0 Å². The lowest BCUT2D eigenvalue weighted by Gasteiger charge is -2.29. The van der Waals surface area contributed by atoms with E-state index in [1.165, 1.54) is 0 Å². The highest BCUT2D eigenvalue weighted by Gasteiger charge is 2.33. The number of rotatable bonds is 11. The summed E-state index contributed by atoms with van der Waals surface area (Å²) in [4.78, 5) is 13.1. The summed E-state index contributed by atoms with van der Waals surface area (Å²) < 4.78 is 12.1. The van der Waals surface area contributed by atoms with Crippen molar-refractivity contribution in [3.05, 3.63) is 36.4 Å². The van der Waals surface area contributed by atoms with Crippen molar-refractivity contribution in [2.24, 2.45) is 0 Å². The molecule has 0 aliphatic carbocycles. The summed E-state index contributed by atoms with van der Waals surface area (Å²) in [7, 11) is 0. The highest BCUT2D eigenvalue weighted by Crippen LogP contribution is 2.33. The molecule has 0 fully saturated rings. The highest BCUT2D eigenvalue weighted by atomic mass is 16.5. The molecule has 2 rings (SSSR count). The number of carbonyl (C=O) groups excluding carboxylic acids is 1. The molecule has 0 aliphatic heterocycles. The third kappa shape index (κ3) is 5.48. The van der Waals surface area contributed by atoms with Gasteiger partial charge in [0, 0.05) is 23.1 Å². The Labute approximate surface area is 169 Å². The summed E-state index contributed by atoms with van der Waals surface area (Å²) in [6.07, 6.45) is 4.67. The standard InChI is InChI=1S/C24H35NO3/c1-6-9-16-24(5,27-17-7-2)23(26)25-21-14-15-22(28-18(4)8-3)20-13-11-10-12-19(20)21/h10-15,18H,6-9,16-17H2,1-5H3,(H,25,26)/t18-,24-/m0/s1. The Balaban J connectivity index is 2.31. The molecular weight excluding hydrogens is 350 g/mol. The van der Waals surface area contributed by atoms with Crippen LogP contribution >= 0.6 is 0 Å². The lowest BCUT2D eigenvalue weighted by atomic mass is 9.97. The maximum atomic E-state index is 13.1. The number of anilines is 1. The van der Waals surface area contributed by atoms with Crippen molar-refractivity contribution >= 4 is 22.4 Å². The smallest absolute Gasteiger partial charge is 0.256 e. The summed E-state index contributed by atoms with van der Waals surface area (Å²) in [6.45, 7) is 10.8. The molecule has 1 N–H and O–H groups in total. The van der Waals surface area contributed by atoms with Crippen LogP contribution in [-0.2, 0) is 9.53 Å². The number of nitrogens with one attached hydrogen (secondary N) is 1. The van der Waals surface area contributed by atoms with Crippen molar-refractivity contribution in [3.8, 4) is 5.75 Å². The Hall–Kier alpha value is -2.07. The number of fused-ring (bicyclic) bond motifs is 1. The van der Waals surface area contributed by atoms with E-state index in [-0.39, 0.29) is 12.0 Å². The van der Waals surface area contributed by atoms with Crippen molar-refractivity contribution < 1.29 is 14.3 Å². The van der Waals surface area contributed by atoms with Gasteiger partial charge in [-0.25, -0.2) is 0 Å². The van der Waals surface area contributed by atoms with Crippen molar-refractivity contribution in [1.29, 1.82) is 0 Å². The number of hydrogen-bond donors (Lipinski definition) is 1. The molecule has 0 heterocycles. The molecule has 4 nitrogen and oxygen atoms in total. The fourth-order valence-corrected chi connectivity index (χ4v) is 3.13. The molecule has 0 aliphatic rings. The van der Waals surface area contributed by atoms with Gasteiger partial charge in [0.2, 0.25) is 0 Å². The molecule has 0 unspecified atom stereocenters. The summed E-state index contributed by atoms with van der Waals surface area (Å²) in [5, 5.41) is 5.10. The fourth-order valence-electron chi connectivity index (χ4n) is 3.13. The monoisotopic (exact) mass is 385 g/mol. The van der Waals surface area contributed by atoms with Gasteiger partial charge in [-0.15, -0.1) is 0 Å². The Bertz CT molecular complexity index is 764. The second kappa shape index (κ2) is 10.5. The molecule has 154 valence electrons. The molecule has 2 atom stereocenters. The van der Waals surface area contributed by atoms with Crippen molar-refractivity contribution in [3.63, 3.8) is 0 Å². The van der Waals surface area contributed by atoms with Gasteiger partial charge in [0.15, 0.2) is 0 Å². The third-order valence-corrected chi connectivity index (χ3v) is 5.15. The van der Waals surface area contributed by atoms with Crippen LogP contribution in [0.15, 0.2) is 36.4 Å². The van der Waals surface area contributed by atoms with Gasteiger partial charge >= 0.3 is 0 Å². The van der Waals surface area contributed by atoms with Crippen molar-refractivity contribution in [2.45, 2.75) is 78.4 Å². The Morgan fingerprint density at radius 1 is 1.07 bits per heavy atom. The molecule has 2 aromatic rings. The average Bonchev–Trinajstić information content (AvgIpc) is 2.72. The van der Waals surface area contributed by atoms with Crippen LogP contribution in [0, 0.1) is 0 Å². The van der Waals surface area contributed by atoms with Crippen molar-refractivity contribution in [1.82, 2.24) is 0 Å². The fraction of sp³-hybridized carbons (Fsp3) is 0.542. The first-order chi connectivity index (χ1) is 13.4. The highest BCUT2D eigenvalue weighted by molar-refractivity contribution is 6.06. The van der Waals surface area contributed by atoms with Gasteiger partial charge in [-0.05, 0) is 45.2 Å². The van der Waals surface area contributed by atoms with Crippen LogP contribution in [0.2, 0.25) is 0 Å². The average molecular weight is 386 g/mol. The first-order valence-electron chi connectivity index (χ1n) is 10.6. The first kappa shape index (κ1) is 22.2. The second-order valence-electron chi connectivity index (χ2n) is 7.63. The summed E-state index contributed by atoms with van der Waals surface area (Å²) >= 11 is 0. The van der Waals surface area contributed by atoms with E-state index >= 15 is 0 Å². The minimum absolute atomic E-state index is 0.0878. The molecule has 0 saturated heterocycles. The van der Waals surface area contributed by atoms with Crippen LogP contribution in [0.25, 0.3) is 10.8 Å². The van der Waals surface area contributed by atoms with Gasteiger partial charge in [0.1, 0.15) is 11.4 Å². The van der Waals surface area contributed by atoms with E-state index in [0.29, 0.717) is 13.0 Å². The number of benzene rings is 2. The Kier molecular flexibility index (Phi) is 8.31. The molecule has 0 radical (unpaired) electrons. The van der Waals surface area contributed by atoms with Crippen molar-refractivity contribution in [2.75, 3.05) is 11.9 Å². The SMILES string of the molecule is CCCC[C@](C)(OCCC)C(=O)Nc1ccc(O[C@@H](C)CC)c2ccccc12. The normalized spacial score (nSPS) is 14.5. The van der Waals surface area contributed by atoms with Crippen LogP contribution in [0.5, 0.6) is 5.75 Å². The molecular formula is C24H35NO3. The Morgan fingerprint density at radius 3 is 2.43 bits per heavy atom. The first-order valence-corrected chi connectivity index (χ1v) is 10.6.